The van der Waals surface area contributed by atoms with Crippen molar-refractivity contribution < 1.29 is 9.90 Å². The molecular weight excluding hydrogens is 374 g/mol. The number of carbonyl (C=O) groups excluding carboxylic acids is 1. The molecule has 2 aromatic heterocycles. The molecule has 1 amide bonds. The second kappa shape index (κ2) is 7.10. The van der Waals surface area contributed by atoms with Crippen LogP contribution >= 0.6 is 11.3 Å². The van der Waals surface area contributed by atoms with E-state index in [2.05, 4.69) is 25.4 Å². The Morgan fingerprint density at radius 3 is 2.89 bits per heavy atom. The van der Waals surface area contributed by atoms with Crippen molar-refractivity contribution in [3.63, 3.8) is 0 Å². The summed E-state index contributed by atoms with van der Waals surface area (Å²) < 4.78 is 1.06. The Kier molecular flexibility index (Phi) is 4.44. The van der Waals surface area contributed by atoms with E-state index < -0.39 is 6.10 Å². The van der Waals surface area contributed by atoms with E-state index in [9.17, 15) is 9.90 Å². The summed E-state index contributed by atoms with van der Waals surface area (Å²) in [6, 6.07) is 9.17. The summed E-state index contributed by atoms with van der Waals surface area (Å²) in [6.07, 6.45) is 2.60. The number of nitrogens with zero attached hydrogens (tertiary/aromatic N) is 4. The highest BCUT2D eigenvalue weighted by molar-refractivity contribution is 7.16. The highest BCUT2D eigenvalue weighted by Crippen LogP contribution is 2.38. The molecule has 8 heteroatoms. The van der Waals surface area contributed by atoms with E-state index in [1.807, 2.05) is 30.3 Å². The van der Waals surface area contributed by atoms with Crippen molar-refractivity contribution in [3.05, 3.63) is 47.6 Å². The molecule has 0 unspecified atom stereocenters. The van der Waals surface area contributed by atoms with Gasteiger partial charge < -0.3 is 15.3 Å². The lowest BCUT2D eigenvalue weighted by molar-refractivity contribution is 0.0462. The minimum atomic E-state index is -0.532. The van der Waals surface area contributed by atoms with E-state index >= 15 is 0 Å². The molecule has 28 heavy (non-hydrogen) atoms. The van der Waals surface area contributed by atoms with Gasteiger partial charge in [0.1, 0.15) is 0 Å². The minimum Gasteiger partial charge on any atom is -0.391 e. The number of fused-ring (bicyclic) bond motifs is 2. The van der Waals surface area contributed by atoms with E-state index in [1.165, 1.54) is 0 Å². The summed E-state index contributed by atoms with van der Waals surface area (Å²) in [5.41, 5.74) is 3.19. The van der Waals surface area contributed by atoms with Crippen molar-refractivity contribution in [1.82, 2.24) is 20.5 Å². The summed E-state index contributed by atoms with van der Waals surface area (Å²) >= 11 is 1.56. The van der Waals surface area contributed by atoms with Crippen LogP contribution < -0.4 is 10.2 Å². The smallest absolute Gasteiger partial charge is 0.251 e. The fraction of sp³-hybridized carbons (Fsp3) is 0.400. The number of amides is 1. The van der Waals surface area contributed by atoms with Gasteiger partial charge in [0.15, 0.2) is 5.82 Å². The molecule has 4 atom stereocenters. The number of aliphatic hydroxyl groups excluding tert-OH is 1. The molecule has 144 valence electrons. The van der Waals surface area contributed by atoms with Gasteiger partial charge in [-0.15, -0.1) is 16.4 Å². The molecule has 2 fully saturated rings. The number of carbonyl (C=O) groups is 1. The topological polar surface area (TPSA) is 91.2 Å². The van der Waals surface area contributed by atoms with Crippen LogP contribution in [0.25, 0.3) is 10.2 Å². The number of benzene rings is 1. The zero-order valence-corrected chi connectivity index (χ0v) is 16.0. The molecule has 0 spiro atoms. The molecule has 1 aliphatic heterocycles. The molecule has 7 nitrogen and oxygen atoms in total. The molecule has 2 N–H and O–H groups in total. The Balaban J connectivity index is 1.27. The van der Waals surface area contributed by atoms with Crippen molar-refractivity contribution >= 4 is 33.3 Å². The van der Waals surface area contributed by atoms with Crippen LogP contribution in [0.2, 0.25) is 0 Å². The highest BCUT2D eigenvalue weighted by atomic mass is 32.1. The van der Waals surface area contributed by atoms with E-state index in [-0.39, 0.29) is 11.9 Å². The standard InChI is InChI=1S/C20H21N5O2S/c26-17-8-14-10-25(19-2-1-5-22-24-19)9-13(14)7-15(17)23-20(27)12-3-4-18-16(6-12)21-11-28-18/h1-6,11,13-15,17,26H,7-10H2,(H,23,27)/t13-,14+,15-,17-/m0/s1. The quantitative estimate of drug-likeness (QED) is 0.706. The van der Waals surface area contributed by atoms with Gasteiger partial charge in [-0.3, -0.25) is 4.79 Å². The lowest BCUT2D eigenvalue weighted by Crippen LogP contribution is -2.49. The van der Waals surface area contributed by atoms with Crippen molar-refractivity contribution in [2.24, 2.45) is 11.8 Å². The molecule has 2 aliphatic rings. The summed E-state index contributed by atoms with van der Waals surface area (Å²) in [5, 5.41) is 21.9. The molecular formula is C20H21N5O2S. The van der Waals surface area contributed by atoms with E-state index in [0.29, 0.717) is 23.8 Å². The molecule has 0 radical (unpaired) electrons. The molecule has 1 saturated carbocycles. The minimum absolute atomic E-state index is 0.152. The van der Waals surface area contributed by atoms with Crippen LogP contribution in [0.5, 0.6) is 0 Å². The van der Waals surface area contributed by atoms with Crippen LogP contribution in [0.1, 0.15) is 23.2 Å². The van der Waals surface area contributed by atoms with Crippen molar-refractivity contribution in [2.75, 3.05) is 18.0 Å². The first-order valence-corrected chi connectivity index (χ1v) is 10.4. The summed E-state index contributed by atoms with van der Waals surface area (Å²) in [4.78, 5) is 19.2. The maximum absolute atomic E-state index is 12.7. The van der Waals surface area contributed by atoms with Crippen molar-refractivity contribution in [3.8, 4) is 0 Å². The van der Waals surface area contributed by atoms with Crippen LogP contribution in [0.3, 0.4) is 0 Å². The normalized spacial score (nSPS) is 27.0. The largest absolute Gasteiger partial charge is 0.391 e. The molecule has 1 aromatic carbocycles. The predicted molar refractivity (Wildman–Crippen MR) is 107 cm³/mol. The average molecular weight is 395 g/mol. The fourth-order valence-corrected chi connectivity index (χ4v) is 5.14. The average Bonchev–Trinajstić information content (AvgIpc) is 3.34. The number of aromatic nitrogens is 3. The van der Waals surface area contributed by atoms with Gasteiger partial charge in [0.2, 0.25) is 0 Å². The zero-order valence-electron chi connectivity index (χ0n) is 15.2. The first-order valence-electron chi connectivity index (χ1n) is 9.52. The fourth-order valence-electron chi connectivity index (χ4n) is 4.49. The lowest BCUT2D eigenvalue weighted by Gasteiger charge is -2.35. The maximum Gasteiger partial charge on any atom is 0.251 e. The Morgan fingerprint density at radius 1 is 1.21 bits per heavy atom. The highest BCUT2D eigenvalue weighted by Gasteiger charge is 2.42. The Bertz CT molecular complexity index is 994. The van der Waals surface area contributed by atoms with Gasteiger partial charge in [0, 0.05) is 24.8 Å². The monoisotopic (exact) mass is 395 g/mol. The first kappa shape index (κ1) is 17.5. The zero-order chi connectivity index (χ0) is 19.1. The van der Waals surface area contributed by atoms with Crippen molar-refractivity contribution in [1.29, 1.82) is 0 Å². The van der Waals surface area contributed by atoms with Crippen molar-refractivity contribution in [2.45, 2.75) is 25.0 Å². The van der Waals surface area contributed by atoms with Gasteiger partial charge in [-0.25, -0.2) is 4.98 Å². The number of hydrogen-bond donors (Lipinski definition) is 2. The third-order valence-electron chi connectivity index (χ3n) is 5.93. The van der Waals surface area contributed by atoms with E-state index in [4.69, 9.17) is 0 Å². The Labute approximate surface area is 166 Å². The van der Waals surface area contributed by atoms with Crippen LogP contribution in [0.4, 0.5) is 5.82 Å². The second-order valence-corrected chi connectivity index (χ2v) is 8.55. The second-order valence-electron chi connectivity index (χ2n) is 7.66. The third-order valence-corrected chi connectivity index (χ3v) is 6.74. The number of nitrogens with one attached hydrogen (secondary N) is 1. The number of rotatable bonds is 3. The third kappa shape index (κ3) is 3.22. The number of hydrogen-bond acceptors (Lipinski definition) is 7. The molecule has 0 bridgehead atoms. The Morgan fingerprint density at radius 2 is 2.07 bits per heavy atom. The summed E-state index contributed by atoms with van der Waals surface area (Å²) in [7, 11) is 0. The SMILES string of the molecule is O=C(N[C@H]1C[C@H]2CN(c3cccnn3)C[C@H]2C[C@@H]1O)c1ccc2scnc2c1. The predicted octanol–water partition coefficient (Wildman–Crippen LogP) is 2.09. The summed E-state index contributed by atoms with van der Waals surface area (Å²) in [5.74, 6) is 1.57. The number of thiazole rings is 1. The first-order chi connectivity index (χ1) is 13.7. The molecule has 5 rings (SSSR count). The van der Waals surface area contributed by atoms with E-state index in [0.717, 1.165) is 35.5 Å². The number of anilines is 1. The van der Waals surface area contributed by atoms with Gasteiger partial charge in [-0.2, -0.15) is 5.10 Å². The number of aliphatic hydroxyl groups is 1. The molecule has 1 aliphatic carbocycles. The van der Waals surface area contributed by atoms with Gasteiger partial charge >= 0.3 is 0 Å². The molecule has 3 heterocycles. The van der Waals surface area contributed by atoms with Gasteiger partial charge in [0.05, 0.1) is 27.9 Å². The summed E-state index contributed by atoms with van der Waals surface area (Å²) in [6.45, 7) is 1.76. The van der Waals surface area contributed by atoms with Gasteiger partial charge in [-0.05, 0) is 55.0 Å². The van der Waals surface area contributed by atoms with E-state index in [1.54, 1.807) is 23.0 Å². The van der Waals surface area contributed by atoms with Crippen LogP contribution in [-0.4, -0.2) is 51.4 Å². The van der Waals surface area contributed by atoms with Crippen LogP contribution in [0.15, 0.2) is 42.0 Å². The van der Waals surface area contributed by atoms with Gasteiger partial charge in [0.25, 0.3) is 5.91 Å². The molecule has 1 saturated heterocycles. The maximum atomic E-state index is 12.7. The van der Waals surface area contributed by atoms with Gasteiger partial charge in [-0.1, -0.05) is 0 Å². The molecule has 3 aromatic rings. The van der Waals surface area contributed by atoms with Crippen LogP contribution in [0, 0.1) is 11.8 Å². The van der Waals surface area contributed by atoms with Crippen LogP contribution in [-0.2, 0) is 0 Å². The lowest BCUT2D eigenvalue weighted by atomic mass is 9.77. The Hall–Kier alpha value is -2.58.